The van der Waals surface area contributed by atoms with E-state index in [-0.39, 0.29) is 24.0 Å². The van der Waals surface area contributed by atoms with Gasteiger partial charge in [0.25, 0.3) is 5.89 Å². The van der Waals surface area contributed by atoms with Gasteiger partial charge in [-0.15, -0.1) is 5.10 Å². The summed E-state index contributed by atoms with van der Waals surface area (Å²) in [7, 11) is 0. The highest BCUT2D eigenvalue weighted by Crippen LogP contribution is 2.24. The van der Waals surface area contributed by atoms with Crippen molar-refractivity contribution in [2.24, 2.45) is 0 Å². The van der Waals surface area contributed by atoms with Gasteiger partial charge in [-0.25, -0.2) is 13.9 Å². The smallest absolute Gasteiger partial charge is 0.341 e. The second kappa shape index (κ2) is 8.95. The fourth-order valence-electron chi connectivity index (χ4n) is 3.38. The van der Waals surface area contributed by atoms with Crippen molar-refractivity contribution in [1.29, 1.82) is 0 Å². The number of fused-ring (bicyclic) bond motifs is 1. The lowest BCUT2D eigenvalue weighted by Crippen LogP contribution is -2.37. The van der Waals surface area contributed by atoms with Gasteiger partial charge in [0.1, 0.15) is 6.54 Å². The molecular weight excluding hydrogens is 396 g/mol. The SMILES string of the molecule is CCCCN(CC)C(=O)Cn1nc2c(-c3nc(-c4ccccc4)no3)cccn2c1=O. The maximum Gasteiger partial charge on any atom is 0.350 e. The lowest BCUT2D eigenvalue weighted by Gasteiger charge is -2.20. The molecule has 0 spiro atoms. The zero-order valence-electron chi connectivity index (χ0n) is 17.6. The maximum atomic E-state index is 12.8. The van der Waals surface area contributed by atoms with Crippen LogP contribution in [0.4, 0.5) is 0 Å². The highest BCUT2D eigenvalue weighted by Gasteiger charge is 2.20. The average molecular weight is 420 g/mol. The van der Waals surface area contributed by atoms with E-state index in [1.165, 1.54) is 9.08 Å². The Kier molecular flexibility index (Phi) is 5.92. The Morgan fingerprint density at radius 3 is 2.68 bits per heavy atom. The number of rotatable bonds is 8. The van der Waals surface area contributed by atoms with E-state index in [0.717, 1.165) is 18.4 Å². The molecule has 1 aromatic carbocycles. The van der Waals surface area contributed by atoms with Crippen LogP contribution in [0.1, 0.15) is 26.7 Å². The molecule has 4 aromatic rings. The minimum absolute atomic E-state index is 0.114. The Morgan fingerprint density at radius 1 is 1.13 bits per heavy atom. The zero-order chi connectivity index (χ0) is 21.8. The summed E-state index contributed by atoms with van der Waals surface area (Å²) in [6.45, 7) is 5.15. The molecule has 0 aliphatic carbocycles. The molecule has 3 aromatic heterocycles. The Bertz CT molecular complexity index is 1240. The summed E-state index contributed by atoms with van der Waals surface area (Å²) < 4.78 is 8.01. The fourth-order valence-corrected chi connectivity index (χ4v) is 3.38. The van der Waals surface area contributed by atoms with E-state index in [1.54, 1.807) is 23.2 Å². The number of likely N-dealkylation sites (N-methyl/N-ethyl adjacent to an activating group) is 1. The number of hydrogen-bond donors (Lipinski definition) is 0. The molecule has 0 bridgehead atoms. The van der Waals surface area contributed by atoms with Crippen LogP contribution in [0.5, 0.6) is 0 Å². The number of pyridine rings is 1. The molecule has 0 saturated carbocycles. The first-order chi connectivity index (χ1) is 15.1. The van der Waals surface area contributed by atoms with Crippen LogP contribution in [0.15, 0.2) is 58.0 Å². The Morgan fingerprint density at radius 2 is 1.94 bits per heavy atom. The summed E-state index contributed by atoms with van der Waals surface area (Å²) in [5, 5.41) is 8.44. The number of benzene rings is 1. The zero-order valence-corrected chi connectivity index (χ0v) is 17.6. The number of hydrogen-bond acceptors (Lipinski definition) is 6. The maximum absolute atomic E-state index is 12.8. The Hall–Kier alpha value is -3.75. The van der Waals surface area contributed by atoms with Crippen LogP contribution in [0.3, 0.4) is 0 Å². The van der Waals surface area contributed by atoms with Crippen molar-refractivity contribution in [3.63, 3.8) is 0 Å². The van der Waals surface area contributed by atoms with Gasteiger partial charge >= 0.3 is 5.69 Å². The monoisotopic (exact) mass is 420 g/mol. The van der Waals surface area contributed by atoms with E-state index in [2.05, 4.69) is 22.2 Å². The molecule has 0 fully saturated rings. The highest BCUT2D eigenvalue weighted by atomic mass is 16.5. The van der Waals surface area contributed by atoms with E-state index in [4.69, 9.17) is 4.52 Å². The first kappa shape index (κ1) is 20.5. The third kappa shape index (κ3) is 4.11. The van der Waals surface area contributed by atoms with Crippen LogP contribution >= 0.6 is 0 Å². The molecule has 9 heteroatoms. The summed E-state index contributed by atoms with van der Waals surface area (Å²) in [6.07, 6.45) is 3.53. The summed E-state index contributed by atoms with van der Waals surface area (Å²) in [6, 6.07) is 12.9. The van der Waals surface area contributed by atoms with Crippen LogP contribution in [-0.2, 0) is 11.3 Å². The molecule has 0 aliphatic heterocycles. The molecule has 3 heterocycles. The van der Waals surface area contributed by atoms with Gasteiger partial charge in [-0.3, -0.25) is 4.79 Å². The molecule has 0 N–H and O–H groups in total. The van der Waals surface area contributed by atoms with Crippen molar-refractivity contribution in [3.05, 3.63) is 59.1 Å². The topological polar surface area (TPSA) is 98.5 Å². The van der Waals surface area contributed by atoms with Gasteiger partial charge < -0.3 is 9.42 Å². The van der Waals surface area contributed by atoms with Crippen LogP contribution < -0.4 is 5.69 Å². The predicted octanol–water partition coefficient (Wildman–Crippen LogP) is 2.86. The van der Waals surface area contributed by atoms with E-state index >= 15 is 0 Å². The third-order valence-corrected chi connectivity index (χ3v) is 5.10. The van der Waals surface area contributed by atoms with Crippen molar-refractivity contribution in [2.75, 3.05) is 13.1 Å². The van der Waals surface area contributed by atoms with Gasteiger partial charge in [0.15, 0.2) is 5.65 Å². The van der Waals surface area contributed by atoms with Gasteiger partial charge in [-0.2, -0.15) is 4.98 Å². The Balaban J connectivity index is 1.66. The second-order valence-electron chi connectivity index (χ2n) is 7.17. The van der Waals surface area contributed by atoms with Crippen molar-refractivity contribution >= 4 is 11.6 Å². The van der Waals surface area contributed by atoms with Crippen LogP contribution in [0.25, 0.3) is 28.5 Å². The summed E-state index contributed by atoms with van der Waals surface area (Å²) >= 11 is 0. The number of carbonyl (C=O) groups excluding carboxylic acids is 1. The lowest BCUT2D eigenvalue weighted by molar-refractivity contribution is -0.132. The van der Waals surface area contributed by atoms with Crippen molar-refractivity contribution in [2.45, 2.75) is 33.2 Å². The molecule has 0 aliphatic rings. The second-order valence-corrected chi connectivity index (χ2v) is 7.17. The largest absolute Gasteiger partial charge is 0.350 e. The van der Waals surface area contributed by atoms with Crippen LogP contribution in [0.2, 0.25) is 0 Å². The van der Waals surface area contributed by atoms with Crippen molar-refractivity contribution in [3.8, 4) is 22.8 Å². The van der Waals surface area contributed by atoms with E-state index in [0.29, 0.717) is 30.1 Å². The normalized spacial score (nSPS) is 11.2. The summed E-state index contributed by atoms with van der Waals surface area (Å²) in [5.41, 5.74) is 1.32. The number of nitrogens with zero attached hydrogens (tertiary/aromatic N) is 6. The van der Waals surface area contributed by atoms with Gasteiger partial charge in [-0.05, 0) is 25.5 Å². The predicted molar refractivity (Wildman–Crippen MR) is 115 cm³/mol. The van der Waals surface area contributed by atoms with Gasteiger partial charge in [0.2, 0.25) is 11.7 Å². The van der Waals surface area contributed by atoms with Gasteiger partial charge in [-0.1, -0.05) is 48.8 Å². The number of unbranched alkanes of at least 4 members (excludes halogenated alkanes) is 1. The standard InChI is InChI=1S/C22H24N6O3/c1-3-5-13-26(4-2)18(29)15-28-22(30)27-14-9-12-17(20(27)24-28)21-23-19(25-31-21)16-10-7-6-8-11-16/h6-12,14H,3-5,13,15H2,1-2H3. The molecule has 0 atom stereocenters. The van der Waals surface area contributed by atoms with Gasteiger partial charge in [0.05, 0.1) is 5.56 Å². The fraction of sp³-hybridized carbons (Fsp3) is 0.318. The molecule has 160 valence electrons. The minimum atomic E-state index is -0.389. The number of aromatic nitrogens is 5. The molecular formula is C22H24N6O3. The first-order valence-electron chi connectivity index (χ1n) is 10.4. The molecule has 1 amide bonds. The van der Waals surface area contributed by atoms with E-state index in [1.807, 2.05) is 37.3 Å². The summed E-state index contributed by atoms with van der Waals surface area (Å²) in [5.74, 6) is 0.572. The number of carbonyl (C=O) groups is 1. The van der Waals surface area contributed by atoms with Crippen LogP contribution in [0, 0.1) is 0 Å². The van der Waals surface area contributed by atoms with Gasteiger partial charge in [0, 0.05) is 24.8 Å². The van der Waals surface area contributed by atoms with E-state index < -0.39 is 0 Å². The van der Waals surface area contributed by atoms with E-state index in [9.17, 15) is 9.59 Å². The Labute approximate surface area is 178 Å². The number of amides is 1. The molecule has 0 unspecified atom stereocenters. The average Bonchev–Trinajstić information content (AvgIpc) is 3.40. The van der Waals surface area contributed by atoms with Crippen molar-refractivity contribution in [1.82, 2.24) is 29.2 Å². The molecule has 31 heavy (non-hydrogen) atoms. The summed E-state index contributed by atoms with van der Waals surface area (Å²) in [4.78, 5) is 31.7. The lowest BCUT2D eigenvalue weighted by atomic mass is 10.2. The van der Waals surface area contributed by atoms with Crippen molar-refractivity contribution < 1.29 is 9.32 Å². The molecule has 0 saturated heterocycles. The highest BCUT2D eigenvalue weighted by molar-refractivity contribution is 5.76. The van der Waals surface area contributed by atoms with Crippen LogP contribution in [-0.4, -0.2) is 48.2 Å². The minimum Gasteiger partial charge on any atom is -0.341 e. The first-order valence-corrected chi connectivity index (χ1v) is 10.4. The third-order valence-electron chi connectivity index (χ3n) is 5.10. The quantitative estimate of drug-likeness (QED) is 0.435. The molecule has 4 rings (SSSR count). The molecule has 0 radical (unpaired) electrons. The molecule has 9 nitrogen and oxygen atoms in total.